The standard InChI is InChI=1S/C18H27NO2/c1-4-14-7-5-8-15(12-11-14)19-17-10-6-9-16(13(17)2)18(20)21-3/h6,9-10,14-15,19H,4-5,7-8,11-12H2,1-3H3. The zero-order valence-corrected chi connectivity index (χ0v) is 13.4. The molecular weight excluding hydrogens is 262 g/mol. The van der Waals surface area contributed by atoms with Crippen LogP contribution < -0.4 is 5.32 Å². The van der Waals surface area contributed by atoms with Gasteiger partial charge in [-0.3, -0.25) is 0 Å². The zero-order valence-electron chi connectivity index (χ0n) is 13.4. The molecule has 0 aliphatic heterocycles. The van der Waals surface area contributed by atoms with Gasteiger partial charge >= 0.3 is 5.97 Å². The Labute approximate surface area is 128 Å². The van der Waals surface area contributed by atoms with Gasteiger partial charge in [0, 0.05) is 11.7 Å². The Kier molecular flexibility index (Phi) is 5.66. The van der Waals surface area contributed by atoms with Crippen LogP contribution in [-0.4, -0.2) is 19.1 Å². The van der Waals surface area contributed by atoms with Crippen LogP contribution in [0.4, 0.5) is 5.69 Å². The summed E-state index contributed by atoms with van der Waals surface area (Å²) in [5.41, 5.74) is 2.71. The molecule has 2 rings (SSSR count). The van der Waals surface area contributed by atoms with Crippen LogP contribution in [0.5, 0.6) is 0 Å². The van der Waals surface area contributed by atoms with E-state index < -0.39 is 0 Å². The fourth-order valence-corrected chi connectivity index (χ4v) is 3.27. The summed E-state index contributed by atoms with van der Waals surface area (Å²) >= 11 is 0. The minimum absolute atomic E-state index is 0.261. The van der Waals surface area contributed by atoms with Crippen LogP contribution in [0.3, 0.4) is 0 Å². The number of esters is 1. The lowest BCUT2D eigenvalue weighted by Gasteiger charge is -2.20. The number of anilines is 1. The molecule has 0 heterocycles. The van der Waals surface area contributed by atoms with Crippen molar-refractivity contribution in [3.05, 3.63) is 29.3 Å². The van der Waals surface area contributed by atoms with Gasteiger partial charge in [-0.1, -0.05) is 32.3 Å². The van der Waals surface area contributed by atoms with Gasteiger partial charge in [0.15, 0.2) is 0 Å². The normalized spacial score (nSPS) is 22.4. The molecule has 1 aromatic rings. The minimum atomic E-state index is -0.261. The molecule has 0 aromatic heterocycles. The van der Waals surface area contributed by atoms with Crippen molar-refractivity contribution < 1.29 is 9.53 Å². The molecule has 1 aliphatic carbocycles. The van der Waals surface area contributed by atoms with Crippen LogP contribution in [0.1, 0.15) is 61.4 Å². The van der Waals surface area contributed by atoms with E-state index in [0.29, 0.717) is 11.6 Å². The number of carbonyl (C=O) groups is 1. The molecule has 1 aliphatic rings. The molecule has 116 valence electrons. The molecule has 1 fully saturated rings. The highest BCUT2D eigenvalue weighted by molar-refractivity contribution is 5.92. The summed E-state index contributed by atoms with van der Waals surface area (Å²) in [7, 11) is 1.43. The second-order valence-corrected chi connectivity index (χ2v) is 6.09. The predicted molar refractivity (Wildman–Crippen MR) is 86.8 cm³/mol. The van der Waals surface area contributed by atoms with Gasteiger partial charge in [-0.05, 0) is 49.8 Å². The summed E-state index contributed by atoms with van der Waals surface area (Å²) in [6, 6.07) is 6.33. The summed E-state index contributed by atoms with van der Waals surface area (Å²) < 4.78 is 4.84. The van der Waals surface area contributed by atoms with Crippen LogP contribution in [0.2, 0.25) is 0 Å². The number of hydrogen-bond donors (Lipinski definition) is 1. The highest BCUT2D eigenvalue weighted by Crippen LogP contribution is 2.28. The Morgan fingerprint density at radius 1 is 1.29 bits per heavy atom. The van der Waals surface area contributed by atoms with E-state index in [0.717, 1.165) is 17.2 Å². The first kappa shape index (κ1) is 15.9. The van der Waals surface area contributed by atoms with Crippen molar-refractivity contribution in [3.63, 3.8) is 0 Å². The van der Waals surface area contributed by atoms with Crippen LogP contribution in [0.25, 0.3) is 0 Å². The Hall–Kier alpha value is -1.51. The smallest absolute Gasteiger partial charge is 0.338 e. The van der Waals surface area contributed by atoms with Gasteiger partial charge in [-0.25, -0.2) is 4.79 Å². The Bertz CT molecular complexity index is 484. The number of methoxy groups -OCH3 is 1. The van der Waals surface area contributed by atoms with Crippen LogP contribution in [0, 0.1) is 12.8 Å². The number of hydrogen-bond acceptors (Lipinski definition) is 3. The maximum atomic E-state index is 11.8. The molecule has 3 heteroatoms. The fraction of sp³-hybridized carbons (Fsp3) is 0.611. The molecule has 0 amide bonds. The molecule has 0 bridgehead atoms. The SMILES string of the molecule is CCC1CCCC(Nc2cccc(C(=O)OC)c2C)CC1. The quantitative estimate of drug-likeness (QED) is 0.652. The molecule has 2 unspecified atom stereocenters. The summed E-state index contributed by atoms with van der Waals surface area (Å²) in [5, 5.41) is 3.65. The fourth-order valence-electron chi connectivity index (χ4n) is 3.27. The van der Waals surface area contributed by atoms with E-state index in [-0.39, 0.29) is 5.97 Å². The second-order valence-electron chi connectivity index (χ2n) is 6.09. The van der Waals surface area contributed by atoms with E-state index in [2.05, 4.69) is 18.3 Å². The largest absolute Gasteiger partial charge is 0.465 e. The first-order chi connectivity index (χ1) is 10.2. The summed E-state index contributed by atoms with van der Waals surface area (Å²) in [4.78, 5) is 11.8. The van der Waals surface area contributed by atoms with Crippen molar-refractivity contribution in [2.75, 3.05) is 12.4 Å². The molecule has 0 spiro atoms. The van der Waals surface area contributed by atoms with Crippen molar-refractivity contribution in [2.24, 2.45) is 5.92 Å². The van der Waals surface area contributed by atoms with E-state index in [1.165, 1.54) is 45.6 Å². The predicted octanol–water partition coefficient (Wildman–Crippen LogP) is 4.55. The van der Waals surface area contributed by atoms with Gasteiger partial charge in [-0.15, -0.1) is 0 Å². The van der Waals surface area contributed by atoms with Crippen molar-refractivity contribution in [3.8, 4) is 0 Å². The van der Waals surface area contributed by atoms with Gasteiger partial charge < -0.3 is 10.1 Å². The van der Waals surface area contributed by atoms with Crippen molar-refractivity contribution in [2.45, 2.75) is 58.4 Å². The lowest BCUT2D eigenvalue weighted by molar-refractivity contribution is 0.0600. The topological polar surface area (TPSA) is 38.3 Å². The van der Waals surface area contributed by atoms with Gasteiger partial charge in [0.1, 0.15) is 0 Å². The van der Waals surface area contributed by atoms with E-state index in [9.17, 15) is 4.79 Å². The second kappa shape index (κ2) is 7.48. The molecule has 1 N–H and O–H groups in total. The van der Waals surface area contributed by atoms with E-state index in [1.807, 2.05) is 19.1 Å². The molecular formula is C18H27NO2. The van der Waals surface area contributed by atoms with Gasteiger partial charge in [0.25, 0.3) is 0 Å². The first-order valence-electron chi connectivity index (χ1n) is 8.10. The van der Waals surface area contributed by atoms with Gasteiger partial charge in [-0.2, -0.15) is 0 Å². The average molecular weight is 289 g/mol. The monoisotopic (exact) mass is 289 g/mol. The molecule has 2 atom stereocenters. The number of carbonyl (C=O) groups excluding carboxylic acids is 1. The lowest BCUT2D eigenvalue weighted by Crippen LogP contribution is -2.19. The lowest BCUT2D eigenvalue weighted by atomic mass is 9.97. The Morgan fingerprint density at radius 2 is 2.10 bits per heavy atom. The molecule has 0 saturated heterocycles. The number of rotatable bonds is 4. The van der Waals surface area contributed by atoms with Gasteiger partial charge in [0.2, 0.25) is 0 Å². The summed E-state index contributed by atoms with van der Waals surface area (Å²) in [6.07, 6.45) is 7.70. The number of nitrogens with one attached hydrogen (secondary N) is 1. The third-order valence-corrected chi connectivity index (χ3v) is 4.76. The number of benzene rings is 1. The van der Waals surface area contributed by atoms with E-state index >= 15 is 0 Å². The summed E-state index contributed by atoms with van der Waals surface area (Å²) in [5.74, 6) is 0.627. The van der Waals surface area contributed by atoms with Crippen LogP contribution >= 0.6 is 0 Å². The molecule has 1 saturated carbocycles. The highest BCUT2D eigenvalue weighted by Gasteiger charge is 2.19. The maximum Gasteiger partial charge on any atom is 0.338 e. The van der Waals surface area contributed by atoms with Crippen molar-refractivity contribution in [1.29, 1.82) is 0 Å². The van der Waals surface area contributed by atoms with E-state index in [4.69, 9.17) is 4.74 Å². The number of ether oxygens (including phenoxy) is 1. The van der Waals surface area contributed by atoms with Crippen molar-refractivity contribution in [1.82, 2.24) is 0 Å². The van der Waals surface area contributed by atoms with Crippen molar-refractivity contribution >= 4 is 11.7 Å². The summed E-state index contributed by atoms with van der Waals surface area (Å²) in [6.45, 7) is 4.28. The van der Waals surface area contributed by atoms with Crippen LogP contribution in [0.15, 0.2) is 18.2 Å². The first-order valence-corrected chi connectivity index (χ1v) is 8.10. The van der Waals surface area contributed by atoms with E-state index in [1.54, 1.807) is 0 Å². The molecule has 3 nitrogen and oxygen atoms in total. The van der Waals surface area contributed by atoms with Gasteiger partial charge in [0.05, 0.1) is 12.7 Å². The Balaban J connectivity index is 2.07. The third kappa shape index (κ3) is 3.99. The molecule has 1 aromatic carbocycles. The highest BCUT2D eigenvalue weighted by atomic mass is 16.5. The van der Waals surface area contributed by atoms with Crippen LogP contribution in [-0.2, 0) is 4.74 Å². The molecule has 21 heavy (non-hydrogen) atoms. The minimum Gasteiger partial charge on any atom is -0.465 e. The molecule has 0 radical (unpaired) electrons. The Morgan fingerprint density at radius 3 is 2.81 bits per heavy atom. The zero-order chi connectivity index (χ0) is 15.2. The average Bonchev–Trinajstić information content (AvgIpc) is 2.73. The third-order valence-electron chi connectivity index (χ3n) is 4.76. The maximum absolute atomic E-state index is 11.8.